The smallest absolute Gasteiger partial charge is 0.387 e. The molecule has 34 heavy (non-hydrogen) atoms. The molecule has 1 aliphatic heterocycles. The number of aromatic nitrogens is 2. The highest BCUT2D eigenvalue weighted by molar-refractivity contribution is 6.32. The molecular formula is C23H20ClF2N5O3. The maximum Gasteiger partial charge on any atom is 0.387 e. The van der Waals surface area contributed by atoms with Gasteiger partial charge in [0.2, 0.25) is 0 Å². The number of nitrogens with one attached hydrogen (secondary N) is 1. The van der Waals surface area contributed by atoms with E-state index < -0.39 is 24.1 Å². The number of halogens is 3. The predicted octanol–water partition coefficient (Wildman–Crippen LogP) is 4.55. The maximum atomic E-state index is 13.1. The van der Waals surface area contributed by atoms with E-state index in [1.165, 1.54) is 42.1 Å². The first-order chi connectivity index (χ1) is 16.1. The van der Waals surface area contributed by atoms with Gasteiger partial charge < -0.3 is 10.1 Å². The van der Waals surface area contributed by atoms with Crippen LogP contribution in [0.1, 0.15) is 29.3 Å². The third-order valence-electron chi connectivity index (χ3n) is 5.46. The summed E-state index contributed by atoms with van der Waals surface area (Å²) >= 11 is 6.50. The van der Waals surface area contributed by atoms with Crippen molar-refractivity contribution in [3.63, 3.8) is 0 Å². The van der Waals surface area contributed by atoms with Gasteiger partial charge in [-0.05, 0) is 50.6 Å². The molecule has 0 spiro atoms. The van der Waals surface area contributed by atoms with Crippen LogP contribution < -0.4 is 10.1 Å². The number of hydrogen-bond acceptors (Lipinski definition) is 5. The van der Waals surface area contributed by atoms with E-state index in [-0.39, 0.29) is 10.9 Å². The Bertz CT molecular complexity index is 1280. The Hall–Kier alpha value is -3.79. The van der Waals surface area contributed by atoms with Crippen LogP contribution in [-0.4, -0.2) is 39.6 Å². The van der Waals surface area contributed by atoms with Gasteiger partial charge in [-0.25, -0.2) is 9.48 Å². The molecular weight excluding hydrogens is 468 g/mol. The zero-order chi connectivity index (χ0) is 24.6. The van der Waals surface area contributed by atoms with E-state index >= 15 is 0 Å². The van der Waals surface area contributed by atoms with E-state index in [2.05, 4.69) is 20.3 Å². The number of ether oxygens (including phenoxy) is 1. The number of hydrazone groups is 1. The van der Waals surface area contributed by atoms with Crippen LogP contribution in [0.2, 0.25) is 5.15 Å². The number of carbonyl (C=O) groups excluding carboxylic acids is 2. The Labute approximate surface area is 198 Å². The first-order valence-electron chi connectivity index (χ1n) is 10.2. The van der Waals surface area contributed by atoms with Crippen molar-refractivity contribution in [3.8, 4) is 11.4 Å². The third kappa shape index (κ3) is 4.24. The van der Waals surface area contributed by atoms with Gasteiger partial charge in [0.25, 0.3) is 5.91 Å². The van der Waals surface area contributed by atoms with Crippen LogP contribution in [0.3, 0.4) is 0 Å². The number of amides is 3. The largest absolute Gasteiger partial charge is 0.435 e. The normalized spacial score (nSPS) is 18.3. The number of alkyl halides is 2. The van der Waals surface area contributed by atoms with Crippen molar-refractivity contribution in [1.29, 1.82) is 0 Å². The molecule has 0 radical (unpaired) electrons. The van der Waals surface area contributed by atoms with Crippen LogP contribution in [0.25, 0.3) is 5.69 Å². The van der Waals surface area contributed by atoms with Gasteiger partial charge in [-0.1, -0.05) is 41.4 Å². The molecule has 3 amide bonds. The molecule has 1 unspecified atom stereocenters. The van der Waals surface area contributed by atoms with Gasteiger partial charge in [-0.2, -0.15) is 19.0 Å². The molecule has 11 heteroatoms. The number of imide groups is 1. The SMILES string of the molecule is Cc1ccc(-n2nc(C)c(/C=N/N3C(=O)NC(C)(c4ccc(OC(F)F)cc4)C3=O)c2Cl)cc1. The summed E-state index contributed by atoms with van der Waals surface area (Å²) in [5.41, 5.74) is 1.78. The maximum absolute atomic E-state index is 13.1. The molecule has 0 aliphatic carbocycles. The van der Waals surface area contributed by atoms with Gasteiger partial charge in [-0.15, -0.1) is 5.01 Å². The number of nitrogens with zero attached hydrogens (tertiary/aromatic N) is 4. The Kier molecular flexibility index (Phi) is 6.09. The van der Waals surface area contributed by atoms with Crippen molar-refractivity contribution >= 4 is 29.8 Å². The fourth-order valence-electron chi connectivity index (χ4n) is 3.52. The van der Waals surface area contributed by atoms with Crippen molar-refractivity contribution in [2.75, 3.05) is 0 Å². The van der Waals surface area contributed by atoms with E-state index in [0.717, 1.165) is 11.3 Å². The highest BCUT2D eigenvalue weighted by atomic mass is 35.5. The minimum absolute atomic E-state index is 0.0651. The van der Waals surface area contributed by atoms with Crippen molar-refractivity contribution in [3.05, 3.63) is 76.1 Å². The molecule has 4 rings (SSSR count). The predicted molar refractivity (Wildman–Crippen MR) is 121 cm³/mol. The van der Waals surface area contributed by atoms with Crippen LogP contribution in [0, 0.1) is 13.8 Å². The standard InChI is InChI=1S/C23H20ClF2N5O3/c1-13-4-8-16(9-5-13)30-19(24)18(14(2)29-30)12-27-31-20(32)23(3,28-22(31)33)15-6-10-17(11-7-15)34-21(25)26/h4-12,21H,1-3H3,(H,28,33)/b27-12+. The number of urea groups is 1. The summed E-state index contributed by atoms with van der Waals surface area (Å²) in [4.78, 5) is 25.6. The second-order valence-corrected chi connectivity index (χ2v) is 8.21. The molecule has 1 N–H and O–H groups in total. The van der Waals surface area contributed by atoms with Crippen LogP contribution in [0.4, 0.5) is 13.6 Å². The fraction of sp³-hybridized carbons (Fsp3) is 0.217. The zero-order valence-corrected chi connectivity index (χ0v) is 19.2. The average molecular weight is 488 g/mol. The van der Waals surface area contributed by atoms with Crippen molar-refractivity contribution in [2.45, 2.75) is 32.9 Å². The van der Waals surface area contributed by atoms with E-state index in [1.54, 1.807) is 6.92 Å². The Balaban J connectivity index is 1.58. The lowest BCUT2D eigenvalue weighted by Gasteiger charge is -2.21. The van der Waals surface area contributed by atoms with E-state index in [0.29, 0.717) is 21.8 Å². The molecule has 1 fully saturated rings. The summed E-state index contributed by atoms with van der Waals surface area (Å²) in [6.07, 6.45) is 1.30. The molecule has 2 aromatic carbocycles. The monoisotopic (exact) mass is 487 g/mol. The average Bonchev–Trinajstić information content (AvgIpc) is 3.19. The molecule has 3 aromatic rings. The van der Waals surface area contributed by atoms with Crippen molar-refractivity contribution in [2.24, 2.45) is 5.10 Å². The van der Waals surface area contributed by atoms with Gasteiger partial charge in [0.15, 0.2) is 0 Å². The van der Waals surface area contributed by atoms with Gasteiger partial charge in [0.1, 0.15) is 16.4 Å². The van der Waals surface area contributed by atoms with Crippen LogP contribution >= 0.6 is 11.6 Å². The minimum Gasteiger partial charge on any atom is -0.435 e. The Morgan fingerprint density at radius 2 is 1.76 bits per heavy atom. The van der Waals surface area contributed by atoms with Gasteiger partial charge in [-0.3, -0.25) is 4.79 Å². The number of hydrogen-bond donors (Lipinski definition) is 1. The minimum atomic E-state index is -2.97. The van der Waals surface area contributed by atoms with E-state index in [4.69, 9.17) is 11.6 Å². The molecule has 0 bridgehead atoms. The topological polar surface area (TPSA) is 88.8 Å². The first kappa shape index (κ1) is 23.4. The second-order valence-electron chi connectivity index (χ2n) is 7.86. The van der Waals surface area contributed by atoms with Crippen molar-refractivity contribution in [1.82, 2.24) is 20.1 Å². The lowest BCUT2D eigenvalue weighted by Crippen LogP contribution is -2.40. The zero-order valence-electron chi connectivity index (χ0n) is 18.4. The lowest BCUT2D eigenvalue weighted by molar-refractivity contribution is -0.131. The second kappa shape index (κ2) is 8.86. The Morgan fingerprint density at radius 3 is 2.38 bits per heavy atom. The number of benzene rings is 2. The highest BCUT2D eigenvalue weighted by Gasteiger charge is 2.49. The quantitative estimate of drug-likeness (QED) is 0.408. The molecule has 1 aliphatic rings. The molecule has 8 nitrogen and oxygen atoms in total. The van der Waals surface area contributed by atoms with Gasteiger partial charge >= 0.3 is 12.6 Å². The van der Waals surface area contributed by atoms with E-state index in [1.807, 2.05) is 31.2 Å². The fourth-order valence-corrected chi connectivity index (χ4v) is 3.85. The van der Waals surface area contributed by atoms with Crippen LogP contribution in [0.15, 0.2) is 53.6 Å². The number of aryl methyl sites for hydroxylation is 2. The summed E-state index contributed by atoms with van der Waals surface area (Å²) in [5.74, 6) is -0.708. The molecule has 1 atom stereocenters. The summed E-state index contributed by atoms with van der Waals surface area (Å²) < 4.78 is 30.6. The molecule has 0 saturated carbocycles. The summed E-state index contributed by atoms with van der Waals surface area (Å²) in [6.45, 7) is 2.23. The number of rotatable bonds is 6. The molecule has 2 heterocycles. The summed E-state index contributed by atoms with van der Waals surface area (Å²) in [5, 5.41) is 12.0. The lowest BCUT2D eigenvalue weighted by atomic mass is 9.92. The molecule has 1 aromatic heterocycles. The van der Waals surface area contributed by atoms with Gasteiger partial charge in [0, 0.05) is 0 Å². The van der Waals surface area contributed by atoms with Crippen LogP contribution in [-0.2, 0) is 10.3 Å². The Morgan fingerprint density at radius 1 is 1.12 bits per heavy atom. The van der Waals surface area contributed by atoms with Crippen molar-refractivity contribution < 1.29 is 23.1 Å². The number of carbonyl (C=O) groups is 2. The highest BCUT2D eigenvalue weighted by Crippen LogP contribution is 2.31. The molecule has 176 valence electrons. The molecule has 1 saturated heterocycles. The third-order valence-corrected chi connectivity index (χ3v) is 5.82. The van der Waals surface area contributed by atoms with E-state index in [9.17, 15) is 18.4 Å². The van der Waals surface area contributed by atoms with Gasteiger partial charge in [0.05, 0.1) is 23.2 Å². The first-order valence-corrected chi connectivity index (χ1v) is 10.6. The van der Waals surface area contributed by atoms with Crippen LogP contribution in [0.5, 0.6) is 5.75 Å². The summed E-state index contributed by atoms with van der Waals surface area (Å²) in [6, 6.07) is 12.3. The summed E-state index contributed by atoms with van der Waals surface area (Å²) in [7, 11) is 0.